The van der Waals surface area contributed by atoms with Gasteiger partial charge in [-0.2, -0.15) is 0 Å². The minimum Gasteiger partial charge on any atom is -0.478 e. The molecule has 0 bridgehead atoms. The van der Waals surface area contributed by atoms with Crippen molar-refractivity contribution in [3.8, 4) is 12.3 Å². The number of amides is 1. The summed E-state index contributed by atoms with van der Waals surface area (Å²) in [5, 5.41) is 14.3. The van der Waals surface area contributed by atoms with Crippen molar-refractivity contribution in [1.82, 2.24) is 5.32 Å². The van der Waals surface area contributed by atoms with Crippen LogP contribution in [0.15, 0.2) is 18.2 Å². The van der Waals surface area contributed by atoms with Crippen molar-refractivity contribution in [2.24, 2.45) is 0 Å². The molecule has 0 aliphatic rings. The SMILES string of the molecule is C#CCNCC(=O)Nc1cccc(C)c1C(=O)O. The Morgan fingerprint density at radius 1 is 1.44 bits per heavy atom. The summed E-state index contributed by atoms with van der Waals surface area (Å²) in [5.41, 5.74) is 0.981. The van der Waals surface area contributed by atoms with Crippen LogP contribution in [0.2, 0.25) is 0 Å². The average molecular weight is 246 g/mol. The van der Waals surface area contributed by atoms with Crippen LogP contribution in [0.5, 0.6) is 0 Å². The Hall–Kier alpha value is -2.32. The lowest BCUT2D eigenvalue weighted by Crippen LogP contribution is -2.28. The number of carbonyl (C=O) groups is 2. The summed E-state index contributed by atoms with van der Waals surface area (Å²) >= 11 is 0. The monoisotopic (exact) mass is 246 g/mol. The van der Waals surface area contributed by atoms with E-state index in [-0.39, 0.29) is 30.2 Å². The Labute approximate surface area is 105 Å². The maximum atomic E-state index is 11.5. The number of carbonyl (C=O) groups excluding carboxylic acids is 1. The maximum absolute atomic E-state index is 11.5. The van der Waals surface area contributed by atoms with Gasteiger partial charge in [-0.05, 0) is 18.6 Å². The van der Waals surface area contributed by atoms with E-state index in [0.29, 0.717) is 5.56 Å². The van der Waals surface area contributed by atoms with Crippen molar-refractivity contribution >= 4 is 17.6 Å². The van der Waals surface area contributed by atoms with Gasteiger partial charge in [0.15, 0.2) is 0 Å². The highest BCUT2D eigenvalue weighted by atomic mass is 16.4. The summed E-state index contributed by atoms with van der Waals surface area (Å²) in [5.74, 6) is 0.936. The van der Waals surface area contributed by atoms with Gasteiger partial charge in [0.05, 0.1) is 24.3 Å². The van der Waals surface area contributed by atoms with Crippen molar-refractivity contribution in [1.29, 1.82) is 0 Å². The van der Waals surface area contributed by atoms with Crippen LogP contribution in [0.25, 0.3) is 0 Å². The third-order valence-corrected chi connectivity index (χ3v) is 2.27. The number of aryl methyl sites for hydroxylation is 1. The molecule has 1 aromatic rings. The van der Waals surface area contributed by atoms with Gasteiger partial charge in [0.25, 0.3) is 0 Å². The van der Waals surface area contributed by atoms with E-state index in [1.807, 2.05) is 0 Å². The molecule has 3 N–H and O–H groups in total. The lowest BCUT2D eigenvalue weighted by Gasteiger charge is -2.10. The number of carboxylic acids is 1. The summed E-state index contributed by atoms with van der Waals surface area (Å²) in [6.07, 6.45) is 5.03. The predicted octanol–water partition coefficient (Wildman–Crippen LogP) is 0.855. The number of nitrogens with one attached hydrogen (secondary N) is 2. The summed E-state index contributed by atoms with van der Waals surface area (Å²) in [6.45, 7) is 2.00. The van der Waals surface area contributed by atoms with E-state index in [1.165, 1.54) is 0 Å². The molecule has 0 saturated heterocycles. The van der Waals surface area contributed by atoms with E-state index < -0.39 is 5.97 Å². The van der Waals surface area contributed by atoms with E-state index in [4.69, 9.17) is 11.5 Å². The van der Waals surface area contributed by atoms with E-state index in [2.05, 4.69) is 16.6 Å². The number of terminal acetylenes is 1. The smallest absolute Gasteiger partial charge is 0.338 e. The highest BCUT2D eigenvalue weighted by molar-refractivity contribution is 6.02. The van der Waals surface area contributed by atoms with Crippen LogP contribution in [-0.2, 0) is 4.79 Å². The first kappa shape index (κ1) is 13.7. The Morgan fingerprint density at radius 3 is 2.78 bits per heavy atom. The van der Waals surface area contributed by atoms with Crippen LogP contribution < -0.4 is 10.6 Å². The molecule has 5 heteroatoms. The first-order valence-corrected chi connectivity index (χ1v) is 5.33. The van der Waals surface area contributed by atoms with Gasteiger partial charge in [0.1, 0.15) is 0 Å². The van der Waals surface area contributed by atoms with Crippen LogP contribution >= 0.6 is 0 Å². The summed E-state index contributed by atoms with van der Waals surface area (Å²) in [4.78, 5) is 22.6. The van der Waals surface area contributed by atoms with Gasteiger partial charge >= 0.3 is 5.97 Å². The molecule has 1 amide bonds. The molecule has 0 aliphatic heterocycles. The van der Waals surface area contributed by atoms with Gasteiger partial charge in [-0.1, -0.05) is 18.1 Å². The molecule has 0 heterocycles. The van der Waals surface area contributed by atoms with Gasteiger partial charge in [-0.3, -0.25) is 10.1 Å². The molecule has 0 saturated carbocycles. The van der Waals surface area contributed by atoms with Crippen LogP contribution in [0.3, 0.4) is 0 Å². The lowest BCUT2D eigenvalue weighted by molar-refractivity contribution is -0.115. The Morgan fingerprint density at radius 2 is 2.17 bits per heavy atom. The molecule has 94 valence electrons. The molecular weight excluding hydrogens is 232 g/mol. The number of hydrogen-bond donors (Lipinski definition) is 3. The summed E-state index contributed by atoms with van der Waals surface area (Å²) in [7, 11) is 0. The molecule has 0 spiro atoms. The highest BCUT2D eigenvalue weighted by Crippen LogP contribution is 2.19. The van der Waals surface area contributed by atoms with Gasteiger partial charge in [-0.25, -0.2) is 4.79 Å². The largest absolute Gasteiger partial charge is 0.478 e. The van der Waals surface area contributed by atoms with Crippen molar-refractivity contribution in [3.63, 3.8) is 0 Å². The molecular formula is C13H14N2O3. The second-order valence-electron chi connectivity index (χ2n) is 3.66. The first-order valence-electron chi connectivity index (χ1n) is 5.33. The highest BCUT2D eigenvalue weighted by Gasteiger charge is 2.14. The van der Waals surface area contributed by atoms with Crippen LogP contribution in [0.1, 0.15) is 15.9 Å². The van der Waals surface area contributed by atoms with Crippen molar-refractivity contribution in [3.05, 3.63) is 29.3 Å². The zero-order valence-electron chi connectivity index (χ0n) is 9.99. The third-order valence-electron chi connectivity index (χ3n) is 2.27. The second kappa shape index (κ2) is 6.42. The van der Waals surface area contributed by atoms with Crippen molar-refractivity contribution in [2.75, 3.05) is 18.4 Å². The van der Waals surface area contributed by atoms with Crippen LogP contribution in [0.4, 0.5) is 5.69 Å². The number of anilines is 1. The minimum atomic E-state index is -1.07. The molecule has 0 unspecified atom stereocenters. The quantitative estimate of drug-likeness (QED) is 0.531. The molecule has 1 aromatic carbocycles. The molecule has 0 aromatic heterocycles. The fourth-order valence-corrected chi connectivity index (χ4v) is 1.50. The van der Waals surface area contributed by atoms with Crippen molar-refractivity contribution < 1.29 is 14.7 Å². The zero-order chi connectivity index (χ0) is 13.5. The standard InChI is InChI=1S/C13H14N2O3/c1-3-7-14-8-11(16)15-10-6-4-5-9(2)12(10)13(17)18/h1,4-6,14H,7-8H2,2H3,(H,15,16)(H,17,18). The van der Waals surface area contributed by atoms with Gasteiger partial charge in [0.2, 0.25) is 5.91 Å². The van der Waals surface area contributed by atoms with E-state index in [1.54, 1.807) is 25.1 Å². The lowest BCUT2D eigenvalue weighted by atomic mass is 10.1. The Bertz CT molecular complexity index is 503. The van der Waals surface area contributed by atoms with E-state index in [9.17, 15) is 9.59 Å². The number of rotatable bonds is 5. The molecule has 0 radical (unpaired) electrons. The number of aromatic carboxylic acids is 1. The third kappa shape index (κ3) is 3.61. The molecule has 0 aliphatic carbocycles. The predicted molar refractivity (Wildman–Crippen MR) is 68.5 cm³/mol. The first-order chi connectivity index (χ1) is 8.56. The number of benzene rings is 1. The molecule has 0 fully saturated rings. The summed E-state index contributed by atoms with van der Waals surface area (Å²) < 4.78 is 0. The normalized spacial score (nSPS) is 9.56. The van der Waals surface area contributed by atoms with Gasteiger partial charge in [-0.15, -0.1) is 6.42 Å². The number of carboxylic acid groups (broad SMARTS) is 1. The average Bonchev–Trinajstić information content (AvgIpc) is 2.28. The van der Waals surface area contributed by atoms with Crippen LogP contribution in [0, 0.1) is 19.3 Å². The van der Waals surface area contributed by atoms with E-state index >= 15 is 0 Å². The number of hydrogen-bond acceptors (Lipinski definition) is 3. The second-order valence-corrected chi connectivity index (χ2v) is 3.66. The fourth-order valence-electron chi connectivity index (χ4n) is 1.50. The molecule has 18 heavy (non-hydrogen) atoms. The van der Waals surface area contributed by atoms with Crippen molar-refractivity contribution in [2.45, 2.75) is 6.92 Å². The maximum Gasteiger partial charge on any atom is 0.338 e. The van der Waals surface area contributed by atoms with Gasteiger partial charge < -0.3 is 10.4 Å². The topological polar surface area (TPSA) is 78.4 Å². The molecule has 0 atom stereocenters. The zero-order valence-corrected chi connectivity index (χ0v) is 9.99. The van der Waals surface area contributed by atoms with Gasteiger partial charge in [0, 0.05) is 0 Å². The Balaban J connectivity index is 2.79. The molecule has 5 nitrogen and oxygen atoms in total. The fraction of sp³-hybridized carbons (Fsp3) is 0.231. The minimum absolute atomic E-state index is 0.0389. The Kier molecular flexibility index (Phi) is 4.90. The van der Waals surface area contributed by atoms with Crippen LogP contribution in [-0.4, -0.2) is 30.1 Å². The summed E-state index contributed by atoms with van der Waals surface area (Å²) in [6, 6.07) is 4.91. The van der Waals surface area contributed by atoms with E-state index in [0.717, 1.165) is 0 Å². The molecule has 1 rings (SSSR count).